The number of benzene rings is 1. The average molecular weight is 226 g/mol. The van der Waals surface area contributed by atoms with E-state index in [2.05, 4.69) is 0 Å². The Hall–Kier alpha value is -0.890. The SMILES string of the molecule is COP(=O)(OC)/C(C)=C/c1ccccc1. The predicted molar refractivity (Wildman–Crippen MR) is 61.7 cm³/mol. The average Bonchev–Trinajstić information content (AvgIpc) is 2.29. The van der Waals surface area contributed by atoms with Crippen LogP contribution < -0.4 is 0 Å². The van der Waals surface area contributed by atoms with Crippen LogP contribution in [-0.2, 0) is 13.6 Å². The van der Waals surface area contributed by atoms with Crippen LogP contribution >= 0.6 is 7.60 Å². The lowest BCUT2D eigenvalue weighted by Crippen LogP contribution is -1.89. The van der Waals surface area contributed by atoms with Crippen molar-refractivity contribution in [2.45, 2.75) is 6.92 Å². The van der Waals surface area contributed by atoms with Gasteiger partial charge in [-0.3, -0.25) is 4.57 Å². The van der Waals surface area contributed by atoms with Crippen LogP contribution in [0.5, 0.6) is 0 Å². The zero-order valence-electron chi connectivity index (χ0n) is 9.14. The first-order chi connectivity index (χ1) is 7.12. The van der Waals surface area contributed by atoms with Crippen molar-refractivity contribution in [3.05, 3.63) is 41.2 Å². The maximum atomic E-state index is 11.9. The molecule has 3 nitrogen and oxygen atoms in total. The van der Waals surface area contributed by atoms with E-state index in [1.54, 1.807) is 13.0 Å². The summed E-state index contributed by atoms with van der Waals surface area (Å²) in [6.45, 7) is 1.74. The summed E-state index contributed by atoms with van der Waals surface area (Å²) in [5, 5.41) is 0.596. The molecule has 0 atom stereocenters. The fraction of sp³-hybridized carbons (Fsp3) is 0.273. The summed E-state index contributed by atoms with van der Waals surface area (Å²) in [7, 11) is -0.313. The van der Waals surface area contributed by atoms with Crippen molar-refractivity contribution in [2.75, 3.05) is 14.2 Å². The molecule has 0 spiro atoms. The van der Waals surface area contributed by atoms with E-state index in [0.29, 0.717) is 5.31 Å². The van der Waals surface area contributed by atoms with Crippen molar-refractivity contribution in [1.82, 2.24) is 0 Å². The van der Waals surface area contributed by atoms with E-state index in [1.165, 1.54) is 14.2 Å². The fourth-order valence-electron chi connectivity index (χ4n) is 1.23. The van der Waals surface area contributed by atoms with Gasteiger partial charge < -0.3 is 9.05 Å². The molecular formula is C11H15O3P. The molecule has 0 radical (unpaired) electrons. The molecule has 0 aromatic heterocycles. The molecule has 4 heteroatoms. The summed E-state index contributed by atoms with van der Waals surface area (Å²) in [6, 6.07) is 9.63. The Morgan fingerprint density at radius 2 is 1.73 bits per heavy atom. The molecule has 0 amide bonds. The zero-order valence-corrected chi connectivity index (χ0v) is 10.0. The minimum absolute atomic E-state index is 0.596. The highest BCUT2D eigenvalue weighted by molar-refractivity contribution is 7.58. The van der Waals surface area contributed by atoms with E-state index in [0.717, 1.165) is 5.56 Å². The molecule has 1 rings (SSSR count). The normalized spacial score (nSPS) is 12.9. The molecular weight excluding hydrogens is 211 g/mol. The van der Waals surface area contributed by atoms with E-state index in [4.69, 9.17) is 9.05 Å². The van der Waals surface area contributed by atoms with Gasteiger partial charge in [0.2, 0.25) is 0 Å². The smallest absolute Gasteiger partial charge is 0.309 e. The number of rotatable bonds is 4. The van der Waals surface area contributed by atoms with Gasteiger partial charge >= 0.3 is 7.60 Å². The van der Waals surface area contributed by atoms with Crippen molar-refractivity contribution >= 4 is 13.7 Å². The minimum atomic E-state index is -3.08. The number of hydrogen-bond acceptors (Lipinski definition) is 3. The molecule has 0 aliphatic rings. The van der Waals surface area contributed by atoms with Gasteiger partial charge in [0.05, 0.1) is 0 Å². The Morgan fingerprint density at radius 3 is 2.20 bits per heavy atom. The first kappa shape index (κ1) is 12.2. The van der Waals surface area contributed by atoms with Gasteiger partial charge in [-0.25, -0.2) is 0 Å². The molecule has 0 aliphatic carbocycles. The molecule has 0 fully saturated rings. The van der Waals surface area contributed by atoms with E-state index in [1.807, 2.05) is 30.3 Å². The van der Waals surface area contributed by atoms with Crippen molar-refractivity contribution in [2.24, 2.45) is 0 Å². The Kier molecular flexibility index (Phi) is 4.28. The van der Waals surface area contributed by atoms with Crippen LogP contribution in [0.25, 0.3) is 6.08 Å². The largest absolute Gasteiger partial charge is 0.356 e. The van der Waals surface area contributed by atoms with Crippen LogP contribution in [0.15, 0.2) is 35.6 Å². The van der Waals surface area contributed by atoms with Gasteiger partial charge in [-0.1, -0.05) is 30.3 Å². The topological polar surface area (TPSA) is 35.5 Å². The highest BCUT2D eigenvalue weighted by Crippen LogP contribution is 2.54. The molecule has 0 saturated carbocycles. The Balaban J connectivity index is 2.99. The monoisotopic (exact) mass is 226 g/mol. The predicted octanol–water partition coefficient (Wildman–Crippen LogP) is 3.53. The van der Waals surface area contributed by atoms with Crippen molar-refractivity contribution in [3.63, 3.8) is 0 Å². The van der Waals surface area contributed by atoms with Gasteiger partial charge in [-0.05, 0) is 18.6 Å². The highest BCUT2D eigenvalue weighted by Gasteiger charge is 2.23. The third-order valence-electron chi connectivity index (χ3n) is 2.09. The van der Waals surface area contributed by atoms with Crippen molar-refractivity contribution in [1.29, 1.82) is 0 Å². The number of hydrogen-bond donors (Lipinski definition) is 0. The standard InChI is InChI=1S/C11H15O3P/c1-10(15(12,13-2)14-3)9-11-7-5-4-6-8-11/h4-9H,1-3H3/b10-9+. The minimum Gasteiger partial charge on any atom is -0.309 e. The van der Waals surface area contributed by atoms with Crippen molar-refractivity contribution in [3.8, 4) is 0 Å². The van der Waals surface area contributed by atoms with Crippen LogP contribution in [0.4, 0.5) is 0 Å². The summed E-state index contributed by atoms with van der Waals surface area (Å²) >= 11 is 0. The second-order valence-corrected chi connectivity index (χ2v) is 5.49. The van der Waals surface area contributed by atoms with Gasteiger partial charge in [-0.2, -0.15) is 0 Å². The second-order valence-electron chi connectivity index (χ2n) is 3.06. The molecule has 15 heavy (non-hydrogen) atoms. The van der Waals surface area contributed by atoms with Gasteiger partial charge in [-0.15, -0.1) is 0 Å². The summed E-state index contributed by atoms with van der Waals surface area (Å²) in [4.78, 5) is 0. The molecule has 0 saturated heterocycles. The molecule has 0 N–H and O–H groups in total. The van der Waals surface area contributed by atoms with E-state index in [-0.39, 0.29) is 0 Å². The summed E-state index contributed by atoms with van der Waals surface area (Å²) in [5.74, 6) is 0. The lowest BCUT2D eigenvalue weighted by atomic mass is 10.2. The molecule has 0 unspecified atom stereocenters. The van der Waals surface area contributed by atoms with Crippen LogP contribution in [0.2, 0.25) is 0 Å². The zero-order chi connectivity index (χ0) is 11.3. The highest BCUT2D eigenvalue weighted by atomic mass is 31.2. The summed E-state index contributed by atoms with van der Waals surface area (Å²) in [6.07, 6.45) is 1.80. The first-order valence-corrected chi connectivity index (χ1v) is 6.12. The molecule has 1 aromatic rings. The first-order valence-electron chi connectivity index (χ1n) is 4.58. The quantitative estimate of drug-likeness (QED) is 0.736. The number of allylic oxidation sites excluding steroid dienone is 1. The summed E-state index contributed by atoms with van der Waals surface area (Å²) in [5.41, 5.74) is 0.976. The van der Waals surface area contributed by atoms with E-state index < -0.39 is 7.60 Å². The Morgan fingerprint density at radius 1 is 1.20 bits per heavy atom. The second kappa shape index (κ2) is 5.26. The fourth-order valence-corrected chi connectivity index (χ4v) is 2.26. The van der Waals surface area contributed by atoms with Gasteiger partial charge in [0.15, 0.2) is 0 Å². The molecule has 0 bridgehead atoms. The van der Waals surface area contributed by atoms with E-state index in [9.17, 15) is 4.57 Å². The molecule has 1 aromatic carbocycles. The lowest BCUT2D eigenvalue weighted by molar-refractivity contribution is 0.283. The maximum Gasteiger partial charge on any atom is 0.356 e. The third kappa shape index (κ3) is 3.03. The third-order valence-corrected chi connectivity index (χ3v) is 4.04. The summed E-state index contributed by atoms with van der Waals surface area (Å²) < 4.78 is 21.7. The van der Waals surface area contributed by atoms with Gasteiger partial charge in [0, 0.05) is 19.5 Å². The van der Waals surface area contributed by atoms with Gasteiger partial charge in [0.1, 0.15) is 0 Å². The van der Waals surface area contributed by atoms with Crippen LogP contribution in [0.1, 0.15) is 12.5 Å². The Bertz CT molecular complexity index is 376. The maximum absolute atomic E-state index is 11.9. The lowest BCUT2D eigenvalue weighted by Gasteiger charge is -2.13. The Labute approximate surface area is 90.3 Å². The molecule has 0 heterocycles. The van der Waals surface area contributed by atoms with Crippen LogP contribution in [0, 0.1) is 0 Å². The van der Waals surface area contributed by atoms with E-state index >= 15 is 0 Å². The van der Waals surface area contributed by atoms with Crippen LogP contribution in [-0.4, -0.2) is 14.2 Å². The van der Waals surface area contributed by atoms with Crippen molar-refractivity contribution < 1.29 is 13.6 Å². The molecule has 0 aliphatic heterocycles. The van der Waals surface area contributed by atoms with Gasteiger partial charge in [0.25, 0.3) is 0 Å². The van der Waals surface area contributed by atoms with Crippen LogP contribution in [0.3, 0.4) is 0 Å². The molecule has 82 valence electrons.